The molecular formula is C20H26N2O5. The van der Waals surface area contributed by atoms with Gasteiger partial charge in [-0.3, -0.25) is 9.59 Å². The number of para-hydroxylation sites is 2. The van der Waals surface area contributed by atoms with Crippen LogP contribution in [0.15, 0.2) is 24.3 Å². The van der Waals surface area contributed by atoms with Gasteiger partial charge in [0.15, 0.2) is 6.10 Å². The molecule has 1 fully saturated rings. The zero-order valence-corrected chi connectivity index (χ0v) is 15.8. The lowest BCUT2D eigenvalue weighted by atomic mass is 9.81. The minimum Gasteiger partial charge on any atom is -0.479 e. The molecule has 146 valence electrons. The van der Waals surface area contributed by atoms with Crippen LogP contribution in [-0.4, -0.2) is 43.1 Å². The molecule has 0 aromatic heterocycles. The molecule has 2 amide bonds. The van der Waals surface area contributed by atoms with E-state index < -0.39 is 17.6 Å². The van der Waals surface area contributed by atoms with Crippen LogP contribution in [-0.2, 0) is 19.1 Å². The van der Waals surface area contributed by atoms with Crippen molar-refractivity contribution in [3.05, 3.63) is 24.3 Å². The van der Waals surface area contributed by atoms with Gasteiger partial charge in [0.05, 0.1) is 12.8 Å². The predicted molar refractivity (Wildman–Crippen MR) is 99.5 cm³/mol. The van der Waals surface area contributed by atoms with Crippen molar-refractivity contribution < 1.29 is 23.9 Å². The van der Waals surface area contributed by atoms with Gasteiger partial charge in [0, 0.05) is 13.0 Å². The highest BCUT2D eigenvalue weighted by Crippen LogP contribution is 2.34. The van der Waals surface area contributed by atoms with Crippen molar-refractivity contribution in [2.24, 2.45) is 0 Å². The van der Waals surface area contributed by atoms with E-state index in [9.17, 15) is 14.4 Å². The summed E-state index contributed by atoms with van der Waals surface area (Å²) in [4.78, 5) is 38.9. The number of hydrogen-bond acceptors (Lipinski definition) is 5. The molecule has 1 N–H and O–H groups in total. The average molecular weight is 374 g/mol. The van der Waals surface area contributed by atoms with Gasteiger partial charge in [0.1, 0.15) is 11.3 Å². The van der Waals surface area contributed by atoms with Crippen molar-refractivity contribution in [2.45, 2.75) is 57.1 Å². The fourth-order valence-corrected chi connectivity index (χ4v) is 3.86. The van der Waals surface area contributed by atoms with Crippen LogP contribution < -0.4 is 15.0 Å². The third kappa shape index (κ3) is 3.91. The standard InChI is InChI=1S/C20H26N2O5/c1-14-18(24)22(15-8-4-5-9-16(15)27-14)13-10-17(23)21-20(19(25)26-2)11-6-3-7-12-20/h4-5,8-9,14H,3,6-7,10-13H2,1-2H3,(H,21,23). The van der Waals surface area contributed by atoms with E-state index in [2.05, 4.69) is 5.32 Å². The maximum Gasteiger partial charge on any atom is 0.331 e. The van der Waals surface area contributed by atoms with Crippen molar-refractivity contribution in [1.29, 1.82) is 0 Å². The zero-order valence-electron chi connectivity index (χ0n) is 15.8. The Bertz CT molecular complexity index is 727. The summed E-state index contributed by atoms with van der Waals surface area (Å²) in [5, 5.41) is 2.89. The molecular weight excluding hydrogens is 348 g/mol. The molecule has 1 aliphatic heterocycles. The molecule has 1 unspecified atom stereocenters. The van der Waals surface area contributed by atoms with E-state index in [-0.39, 0.29) is 24.8 Å². The number of ether oxygens (including phenoxy) is 2. The molecule has 1 atom stereocenters. The molecule has 7 nitrogen and oxygen atoms in total. The molecule has 1 aromatic rings. The average Bonchev–Trinajstić information content (AvgIpc) is 2.68. The summed E-state index contributed by atoms with van der Waals surface area (Å²) in [6.45, 7) is 1.92. The number of nitrogens with one attached hydrogen (secondary N) is 1. The van der Waals surface area contributed by atoms with Crippen LogP contribution in [0.5, 0.6) is 5.75 Å². The second-order valence-electron chi connectivity index (χ2n) is 7.15. The Morgan fingerprint density at radius 3 is 2.67 bits per heavy atom. The highest BCUT2D eigenvalue weighted by molar-refractivity contribution is 6.00. The third-order valence-electron chi connectivity index (χ3n) is 5.30. The summed E-state index contributed by atoms with van der Waals surface area (Å²) in [6.07, 6.45) is 3.48. The number of benzene rings is 1. The van der Waals surface area contributed by atoms with E-state index in [0.717, 1.165) is 19.3 Å². The first-order valence-electron chi connectivity index (χ1n) is 9.43. The van der Waals surface area contributed by atoms with E-state index >= 15 is 0 Å². The summed E-state index contributed by atoms with van der Waals surface area (Å²) < 4.78 is 10.5. The van der Waals surface area contributed by atoms with Crippen LogP contribution in [0.2, 0.25) is 0 Å². The van der Waals surface area contributed by atoms with E-state index in [1.807, 2.05) is 12.1 Å². The first-order valence-corrected chi connectivity index (χ1v) is 9.43. The largest absolute Gasteiger partial charge is 0.479 e. The summed E-state index contributed by atoms with van der Waals surface area (Å²) in [7, 11) is 1.34. The number of carbonyl (C=O) groups is 3. The van der Waals surface area contributed by atoms with Crippen LogP contribution in [0.3, 0.4) is 0 Å². The fraction of sp³-hybridized carbons (Fsp3) is 0.550. The first-order chi connectivity index (χ1) is 13.0. The van der Waals surface area contributed by atoms with Crippen molar-refractivity contribution in [2.75, 3.05) is 18.6 Å². The number of methoxy groups -OCH3 is 1. The number of amides is 2. The number of anilines is 1. The molecule has 0 radical (unpaired) electrons. The molecule has 1 aliphatic carbocycles. The molecule has 1 aromatic carbocycles. The van der Waals surface area contributed by atoms with Gasteiger partial charge in [-0.05, 0) is 31.9 Å². The maximum absolute atomic E-state index is 12.6. The van der Waals surface area contributed by atoms with Crippen molar-refractivity contribution in [3.63, 3.8) is 0 Å². The Morgan fingerprint density at radius 2 is 1.96 bits per heavy atom. The Morgan fingerprint density at radius 1 is 1.26 bits per heavy atom. The molecule has 0 saturated heterocycles. The maximum atomic E-state index is 12.6. The Kier molecular flexibility index (Phi) is 5.68. The van der Waals surface area contributed by atoms with Crippen LogP contribution in [0.4, 0.5) is 5.69 Å². The van der Waals surface area contributed by atoms with Crippen molar-refractivity contribution in [1.82, 2.24) is 5.32 Å². The van der Waals surface area contributed by atoms with Crippen LogP contribution in [0, 0.1) is 0 Å². The first kappa shape index (κ1) is 19.2. The number of esters is 1. The smallest absolute Gasteiger partial charge is 0.331 e. The Balaban J connectivity index is 1.68. The molecule has 1 saturated carbocycles. The summed E-state index contributed by atoms with van der Waals surface area (Å²) >= 11 is 0. The van der Waals surface area contributed by atoms with Gasteiger partial charge in [-0.25, -0.2) is 4.79 Å². The summed E-state index contributed by atoms with van der Waals surface area (Å²) in [5.74, 6) is -0.200. The highest BCUT2D eigenvalue weighted by atomic mass is 16.5. The molecule has 2 aliphatic rings. The van der Waals surface area contributed by atoms with Gasteiger partial charge in [-0.2, -0.15) is 0 Å². The minimum atomic E-state index is -0.940. The normalized spacial score (nSPS) is 21.0. The van der Waals surface area contributed by atoms with Crippen LogP contribution in [0.25, 0.3) is 0 Å². The molecule has 7 heteroatoms. The third-order valence-corrected chi connectivity index (χ3v) is 5.30. The van der Waals surface area contributed by atoms with Gasteiger partial charge < -0.3 is 19.7 Å². The Labute approximate surface area is 159 Å². The van der Waals surface area contributed by atoms with E-state index in [1.54, 1.807) is 24.0 Å². The molecule has 27 heavy (non-hydrogen) atoms. The molecule has 1 heterocycles. The van der Waals surface area contributed by atoms with Gasteiger partial charge in [-0.1, -0.05) is 31.4 Å². The summed E-state index contributed by atoms with van der Waals surface area (Å²) in [5.41, 5.74) is -0.279. The van der Waals surface area contributed by atoms with Gasteiger partial charge >= 0.3 is 5.97 Å². The number of fused-ring (bicyclic) bond motifs is 1. The van der Waals surface area contributed by atoms with Gasteiger partial charge in [0.2, 0.25) is 5.91 Å². The quantitative estimate of drug-likeness (QED) is 0.799. The zero-order chi connectivity index (χ0) is 19.4. The SMILES string of the molecule is COC(=O)C1(NC(=O)CCN2C(=O)C(C)Oc3ccccc32)CCCCC1. The van der Waals surface area contributed by atoms with Crippen LogP contribution >= 0.6 is 0 Å². The second-order valence-corrected chi connectivity index (χ2v) is 7.15. The lowest BCUT2D eigenvalue weighted by molar-refractivity contribution is -0.152. The molecule has 0 bridgehead atoms. The monoisotopic (exact) mass is 374 g/mol. The number of nitrogens with zero attached hydrogens (tertiary/aromatic N) is 1. The fourth-order valence-electron chi connectivity index (χ4n) is 3.86. The van der Waals surface area contributed by atoms with E-state index in [0.29, 0.717) is 24.3 Å². The number of hydrogen-bond donors (Lipinski definition) is 1. The topological polar surface area (TPSA) is 84.9 Å². The van der Waals surface area contributed by atoms with Gasteiger partial charge in [-0.15, -0.1) is 0 Å². The van der Waals surface area contributed by atoms with E-state index in [4.69, 9.17) is 9.47 Å². The summed E-state index contributed by atoms with van der Waals surface area (Å²) in [6, 6.07) is 7.27. The lowest BCUT2D eigenvalue weighted by Crippen LogP contribution is -2.56. The molecule has 3 rings (SSSR count). The molecule has 0 spiro atoms. The van der Waals surface area contributed by atoms with Crippen molar-refractivity contribution >= 4 is 23.5 Å². The Hall–Kier alpha value is -2.57. The van der Waals surface area contributed by atoms with Gasteiger partial charge in [0.25, 0.3) is 5.91 Å². The highest BCUT2D eigenvalue weighted by Gasteiger charge is 2.42. The number of carbonyl (C=O) groups excluding carboxylic acids is 3. The number of rotatable bonds is 5. The van der Waals surface area contributed by atoms with Crippen LogP contribution in [0.1, 0.15) is 45.4 Å². The predicted octanol–water partition coefficient (Wildman–Crippen LogP) is 2.18. The minimum absolute atomic E-state index is 0.103. The van der Waals surface area contributed by atoms with E-state index in [1.165, 1.54) is 7.11 Å². The van der Waals surface area contributed by atoms with Crippen molar-refractivity contribution in [3.8, 4) is 5.75 Å². The lowest BCUT2D eigenvalue weighted by Gasteiger charge is -2.36. The second kappa shape index (κ2) is 7.98.